The summed E-state index contributed by atoms with van der Waals surface area (Å²) in [5.74, 6) is 1.53. The van der Waals surface area contributed by atoms with Crippen LogP contribution < -0.4 is 10.5 Å². The van der Waals surface area contributed by atoms with Gasteiger partial charge in [-0.2, -0.15) is 0 Å². The summed E-state index contributed by atoms with van der Waals surface area (Å²) in [7, 11) is 1.59. The van der Waals surface area contributed by atoms with E-state index in [1.54, 1.807) is 25.7 Å². The van der Waals surface area contributed by atoms with Crippen LogP contribution in [0.3, 0.4) is 0 Å². The van der Waals surface area contributed by atoms with Crippen LogP contribution in [-0.2, 0) is 12.8 Å². The molecule has 0 amide bonds. The molecule has 0 spiro atoms. The van der Waals surface area contributed by atoms with Gasteiger partial charge in [0, 0.05) is 24.7 Å². The van der Waals surface area contributed by atoms with Crippen LogP contribution in [0.2, 0.25) is 0 Å². The van der Waals surface area contributed by atoms with Crippen molar-refractivity contribution in [2.24, 2.45) is 0 Å². The van der Waals surface area contributed by atoms with E-state index < -0.39 is 0 Å². The highest BCUT2D eigenvalue weighted by Crippen LogP contribution is 2.27. The van der Waals surface area contributed by atoms with Crippen LogP contribution in [0.1, 0.15) is 86.5 Å². The lowest BCUT2D eigenvalue weighted by atomic mass is 9.94. The summed E-state index contributed by atoms with van der Waals surface area (Å²) in [4.78, 5) is 27.5. The van der Waals surface area contributed by atoms with Gasteiger partial charge in [0.15, 0.2) is 0 Å². The second-order valence-corrected chi connectivity index (χ2v) is 8.40. The zero-order valence-corrected chi connectivity index (χ0v) is 19.1. The molecule has 3 heterocycles. The van der Waals surface area contributed by atoms with Crippen LogP contribution in [0, 0.1) is 0 Å². The lowest BCUT2D eigenvalue weighted by molar-refractivity contribution is 0.392. The van der Waals surface area contributed by atoms with Gasteiger partial charge >= 0.3 is 0 Å². The number of anilines is 1. The predicted molar refractivity (Wildman–Crippen MR) is 120 cm³/mol. The molecule has 1 unspecified atom stereocenters. The maximum absolute atomic E-state index is 5.86. The van der Waals surface area contributed by atoms with Crippen molar-refractivity contribution in [3.63, 3.8) is 0 Å². The van der Waals surface area contributed by atoms with E-state index in [-0.39, 0.29) is 11.8 Å². The van der Waals surface area contributed by atoms with E-state index in [4.69, 9.17) is 15.5 Å². The molecule has 1 atom stereocenters. The lowest BCUT2D eigenvalue weighted by Gasteiger charge is -2.18. The molecule has 0 aliphatic rings. The fraction of sp³-hybridized carbons (Fsp3) is 0.478. The molecule has 0 fully saturated rings. The number of methoxy groups -OCH3 is 1. The third-order valence-electron chi connectivity index (χ3n) is 5.12. The van der Waals surface area contributed by atoms with Gasteiger partial charge in [0.2, 0.25) is 5.88 Å². The summed E-state index contributed by atoms with van der Waals surface area (Å²) in [5, 5.41) is 0. The highest BCUT2D eigenvalue weighted by atomic mass is 16.5. The van der Waals surface area contributed by atoms with Crippen LogP contribution in [-0.4, -0.2) is 37.0 Å². The quantitative estimate of drug-likeness (QED) is 0.584. The highest BCUT2D eigenvalue weighted by molar-refractivity contribution is 5.31. The molecule has 31 heavy (non-hydrogen) atoms. The van der Waals surface area contributed by atoms with E-state index in [0.29, 0.717) is 30.5 Å². The molecule has 0 saturated heterocycles. The first-order chi connectivity index (χ1) is 14.8. The van der Waals surface area contributed by atoms with Gasteiger partial charge < -0.3 is 10.5 Å². The minimum Gasteiger partial charge on any atom is -0.480 e. The van der Waals surface area contributed by atoms with E-state index in [9.17, 15) is 0 Å². The molecule has 164 valence electrons. The summed E-state index contributed by atoms with van der Waals surface area (Å²) >= 11 is 0. The molecular formula is C23H31N7O. The molecule has 3 aromatic rings. The number of rotatable bonds is 8. The zero-order valence-electron chi connectivity index (χ0n) is 19.1. The number of nitrogens with two attached hydrogens (primary N) is 1. The van der Waals surface area contributed by atoms with E-state index in [0.717, 1.165) is 34.2 Å². The van der Waals surface area contributed by atoms with Gasteiger partial charge in [0.1, 0.15) is 5.82 Å². The van der Waals surface area contributed by atoms with Crippen molar-refractivity contribution in [2.75, 3.05) is 12.8 Å². The van der Waals surface area contributed by atoms with Crippen LogP contribution in [0.4, 0.5) is 5.82 Å². The number of ether oxygens (including phenoxy) is 1. The molecule has 0 aliphatic heterocycles. The summed E-state index contributed by atoms with van der Waals surface area (Å²) < 4.78 is 5.33. The second kappa shape index (κ2) is 9.76. The van der Waals surface area contributed by atoms with Crippen LogP contribution >= 0.6 is 0 Å². The Kier molecular flexibility index (Phi) is 7.09. The second-order valence-electron chi connectivity index (χ2n) is 8.40. The van der Waals surface area contributed by atoms with E-state index >= 15 is 0 Å². The van der Waals surface area contributed by atoms with E-state index in [1.807, 2.05) is 6.20 Å². The van der Waals surface area contributed by atoms with Crippen molar-refractivity contribution in [3.05, 3.63) is 59.0 Å². The Morgan fingerprint density at radius 2 is 1.61 bits per heavy atom. The predicted octanol–water partition coefficient (Wildman–Crippen LogP) is 3.83. The van der Waals surface area contributed by atoms with Crippen LogP contribution in [0.15, 0.2) is 24.8 Å². The average Bonchev–Trinajstić information content (AvgIpc) is 2.74. The third kappa shape index (κ3) is 5.51. The Hall–Kier alpha value is -3.16. The van der Waals surface area contributed by atoms with Gasteiger partial charge in [0.25, 0.3) is 0 Å². The molecule has 2 N–H and O–H groups in total. The molecule has 0 saturated carbocycles. The zero-order chi connectivity index (χ0) is 22.5. The van der Waals surface area contributed by atoms with Gasteiger partial charge in [0.05, 0.1) is 53.7 Å². The lowest BCUT2D eigenvalue weighted by Crippen LogP contribution is -2.13. The Bertz CT molecular complexity index is 1040. The summed E-state index contributed by atoms with van der Waals surface area (Å²) in [5.41, 5.74) is 11.3. The Morgan fingerprint density at radius 3 is 2.29 bits per heavy atom. The monoisotopic (exact) mass is 421 g/mol. The SMILES string of the molecule is COc1cnc(C(C)Cc2ncc(N)nc2C(C)C)c(Cc2cncc(C(C)C)n2)n1. The number of aromatic nitrogens is 6. The molecule has 8 heteroatoms. The van der Waals surface area contributed by atoms with E-state index in [2.05, 4.69) is 59.5 Å². The standard InChI is InChI=1S/C23H31N7O/c1-13(2)19-10-25-9-16(28-19)8-18-23(27-12-21(29-18)31-6)15(5)7-17-22(14(3)4)30-20(24)11-26-17/h9-15H,7-8H2,1-6H3,(H2,24,30). The van der Waals surface area contributed by atoms with Gasteiger partial charge in [-0.05, 0) is 18.3 Å². The Morgan fingerprint density at radius 1 is 0.839 bits per heavy atom. The number of hydrogen-bond acceptors (Lipinski definition) is 8. The van der Waals surface area contributed by atoms with Crippen molar-refractivity contribution >= 4 is 5.82 Å². The first-order valence-electron chi connectivity index (χ1n) is 10.6. The minimum absolute atomic E-state index is 0.0741. The summed E-state index contributed by atoms with van der Waals surface area (Å²) in [6.07, 6.45) is 8.07. The van der Waals surface area contributed by atoms with Gasteiger partial charge in [-0.25, -0.2) is 9.97 Å². The van der Waals surface area contributed by atoms with Gasteiger partial charge in [-0.15, -0.1) is 0 Å². The van der Waals surface area contributed by atoms with Crippen LogP contribution in [0.25, 0.3) is 0 Å². The molecule has 8 nitrogen and oxygen atoms in total. The Labute approximate surface area is 183 Å². The molecule has 0 radical (unpaired) electrons. The summed E-state index contributed by atoms with van der Waals surface area (Å²) in [6.45, 7) is 10.5. The summed E-state index contributed by atoms with van der Waals surface area (Å²) in [6, 6.07) is 0. The van der Waals surface area contributed by atoms with Crippen molar-refractivity contribution in [1.29, 1.82) is 0 Å². The average molecular weight is 422 g/mol. The van der Waals surface area contributed by atoms with E-state index in [1.165, 1.54) is 0 Å². The first kappa shape index (κ1) is 22.5. The smallest absolute Gasteiger partial charge is 0.232 e. The van der Waals surface area contributed by atoms with Crippen molar-refractivity contribution in [3.8, 4) is 5.88 Å². The third-order valence-corrected chi connectivity index (χ3v) is 5.12. The fourth-order valence-corrected chi connectivity index (χ4v) is 3.47. The van der Waals surface area contributed by atoms with Crippen LogP contribution in [0.5, 0.6) is 5.88 Å². The topological polar surface area (TPSA) is 113 Å². The molecule has 0 aliphatic carbocycles. The van der Waals surface area contributed by atoms with Crippen molar-refractivity contribution < 1.29 is 4.74 Å². The number of nitrogens with zero attached hydrogens (tertiary/aromatic N) is 6. The number of nitrogen functional groups attached to an aromatic ring is 1. The maximum atomic E-state index is 5.86. The molecule has 0 aromatic carbocycles. The Balaban J connectivity index is 1.93. The fourth-order valence-electron chi connectivity index (χ4n) is 3.47. The highest BCUT2D eigenvalue weighted by Gasteiger charge is 2.20. The molecule has 3 rings (SSSR count). The largest absolute Gasteiger partial charge is 0.480 e. The van der Waals surface area contributed by atoms with Crippen molar-refractivity contribution in [2.45, 2.75) is 65.2 Å². The van der Waals surface area contributed by atoms with Gasteiger partial charge in [-0.1, -0.05) is 34.6 Å². The normalized spacial score (nSPS) is 12.4. The maximum Gasteiger partial charge on any atom is 0.232 e. The first-order valence-corrected chi connectivity index (χ1v) is 10.6. The van der Waals surface area contributed by atoms with Crippen molar-refractivity contribution in [1.82, 2.24) is 29.9 Å². The number of hydrogen-bond donors (Lipinski definition) is 1. The molecular weight excluding hydrogens is 390 g/mol. The molecule has 3 aromatic heterocycles. The minimum atomic E-state index is 0.0741. The van der Waals surface area contributed by atoms with Gasteiger partial charge in [-0.3, -0.25) is 19.9 Å². The molecule has 0 bridgehead atoms.